The number of carbonyl (C=O) groups excluding carboxylic acids is 2. The number of amides is 2. The zero-order valence-electron chi connectivity index (χ0n) is 19.5. The van der Waals surface area contributed by atoms with Crippen LogP contribution in [0.25, 0.3) is 11.0 Å². The van der Waals surface area contributed by atoms with Gasteiger partial charge >= 0.3 is 0 Å². The topological polar surface area (TPSA) is 115 Å². The Bertz CT molecular complexity index is 1330. The van der Waals surface area contributed by atoms with Crippen LogP contribution in [0.5, 0.6) is 0 Å². The maximum atomic E-state index is 13.5. The number of nitrogens with two attached hydrogens (primary N) is 2. The molecule has 0 aliphatic heterocycles. The number of hydrogen-bond donors (Lipinski definition) is 3. The van der Waals surface area contributed by atoms with Gasteiger partial charge in [0, 0.05) is 10.9 Å². The first kappa shape index (κ1) is 22.5. The van der Waals surface area contributed by atoms with E-state index in [4.69, 9.17) is 16.5 Å². The number of rotatable bonds is 8. The van der Waals surface area contributed by atoms with Crippen molar-refractivity contribution < 1.29 is 9.59 Å². The Morgan fingerprint density at radius 2 is 1.63 bits per heavy atom. The van der Waals surface area contributed by atoms with Crippen LogP contribution in [0.4, 0.5) is 0 Å². The molecule has 2 amide bonds. The van der Waals surface area contributed by atoms with Crippen LogP contribution < -0.4 is 11.5 Å². The van der Waals surface area contributed by atoms with Gasteiger partial charge in [0.1, 0.15) is 5.82 Å². The van der Waals surface area contributed by atoms with Crippen molar-refractivity contribution in [3.05, 3.63) is 76.5 Å². The smallest absolute Gasteiger partial charge is 0.225 e. The van der Waals surface area contributed by atoms with Gasteiger partial charge in [-0.1, -0.05) is 52.3 Å². The SMILES string of the molecule is NC(=O)[C@]1(CCCc2nc3ccccc3[nH]2)[C@@H]2C=C[C@@H](C23CC3)[C@@]1(Cc1ccc(Br)cc1)C(N)=O. The number of imidazole rings is 1. The lowest BCUT2D eigenvalue weighted by Crippen LogP contribution is -2.60. The first-order chi connectivity index (χ1) is 16.8. The second-order valence-electron chi connectivity index (χ2n) is 10.6. The van der Waals surface area contributed by atoms with E-state index >= 15 is 0 Å². The van der Waals surface area contributed by atoms with Crippen molar-refractivity contribution in [1.82, 2.24) is 9.97 Å². The van der Waals surface area contributed by atoms with Gasteiger partial charge in [-0.25, -0.2) is 4.98 Å². The number of primary amides is 2. The number of H-pyrrole nitrogens is 1. The van der Waals surface area contributed by atoms with E-state index in [1.807, 2.05) is 48.5 Å². The fourth-order valence-corrected chi connectivity index (χ4v) is 7.88. The summed E-state index contributed by atoms with van der Waals surface area (Å²) >= 11 is 3.49. The van der Waals surface area contributed by atoms with Crippen LogP contribution in [0.15, 0.2) is 65.2 Å². The van der Waals surface area contributed by atoms with Crippen molar-refractivity contribution in [2.75, 3.05) is 0 Å². The fourth-order valence-electron chi connectivity index (χ4n) is 7.62. The maximum absolute atomic E-state index is 13.5. The van der Waals surface area contributed by atoms with Gasteiger partial charge in [0.25, 0.3) is 0 Å². The van der Waals surface area contributed by atoms with E-state index in [-0.39, 0.29) is 17.3 Å². The number of para-hydroxylation sites is 2. The molecule has 2 aromatic carbocycles. The molecular weight excluding hydrogens is 504 g/mol. The minimum absolute atomic E-state index is 0.0591. The lowest BCUT2D eigenvalue weighted by Gasteiger charge is -2.48. The molecule has 180 valence electrons. The highest BCUT2D eigenvalue weighted by Crippen LogP contribution is 2.81. The number of halogens is 1. The highest BCUT2D eigenvalue weighted by atomic mass is 79.9. The summed E-state index contributed by atoms with van der Waals surface area (Å²) in [6.07, 6.45) is 8.60. The number of aromatic nitrogens is 2. The number of nitrogens with one attached hydrogen (secondary N) is 1. The van der Waals surface area contributed by atoms with Crippen LogP contribution >= 0.6 is 15.9 Å². The third-order valence-electron chi connectivity index (χ3n) is 9.12. The lowest BCUT2D eigenvalue weighted by molar-refractivity contribution is -0.151. The summed E-state index contributed by atoms with van der Waals surface area (Å²) in [5, 5.41) is 0. The van der Waals surface area contributed by atoms with Gasteiger partial charge < -0.3 is 16.5 Å². The van der Waals surface area contributed by atoms with E-state index in [0.717, 1.165) is 39.7 Å². The Labute approximate surface area is 212 Å². The van der Waals surface area contributed by atoms with Gasteiger partial charge in [0.2, 0.25) is 11.8 Å². The largest absolute Gasteiger partial charge is 0.369 e. The molecule has 0 unspecified atom stereocenters. The minimum Gasteiger partial charge on any atom is -0.369 e. The summed E-state index contributed by atoms with van der Waals surface area (Å²) in [7, 11) is 0. The van der Waals surface area contributed by atoms with Gasteiger partial charge in [-0.15, -0.1) is 0 Å². The first-order valence-electron chi connectivity index (χ1n) is 12.3. The van der Waals surface area contributed by atoms with E-state index in [1.165, 1.54) is 0 Å². The predicted octanol–water partition coefficient (Wildman–Crippen LogP) is 4.43. The fraction of sp³-hybridized carbons (Fsp3) is 0.393. The number of nitrogens with zero attached hydrogens (tertiary/aromatic N) is 1. The highest BCUT2D eigenvalue weighted by Gasteiger charge is 2.81. The molecule has 1 spiro atoms. The molecule has 2 fully saturated rings. The standard InChI is InChI=1S/C28H29BrN4O2/c29-18-9-7-17(8-10-18)16-28(25(31)35)22-12-11-21(26(22)14-15-26)27(28,24(30)34)13-3-6-23-32-19-4-1-2-5-20(19)33-23/h1-2,4-5,7-12,21-22H,3,6,13-16H2,(H2,30,34)(H2,31,35)(H,32,33)/t21-,22+,27+,28+/m1/s1. The van der Waals surface area contributed by atoms with E-state index < -0.39 is 22.6 Å². The van der Waals surface area contributed by atoms with E-state index in [9.17, 15) is 9.59 Å². The predicted molar refractivity (Wildman–Crippen MR) is 138 cm³/mol. The molecule has 6 rings (SSSR count). The van der Waals surface area contributed by atoms with Crippen LogP contribution in [0.3, 0.4) is 0 Å². The average molecular weight is 533 g/mol. The second-order valence-corrected chi connectivity index (χ2v) is 11.5. The van der Waals surface area contributed by atoms with Gasteiger partial charge in [-0.2, -0.15) is 0 Å². The summed E-state index contributed by atoms with van der Waals surface area (Å²) in [4.78, 5) is 35.1. The number of fused-ring (bicyclic) bond motifs is 1. The second kappa shape index (κ2) is 7.79. The quantitative estimate of drug-likeness (QED) is 0.372. The molecule has 1 heterocycles. The van der Waals surface area contributed by atoms with Crippen molar-refractivity contribution in [1.29, 1.82) is 0 Å². The van der Waals surface area contributed by atoms with Gasteiger partial charge in [-0.05, 0) is 79.2 Å². The van der Waals surface area contributed by atoms with Crippen LogP contribution in [-0.4, -0.2) is 21.8 Å². The summed E-state index contributed by atoms with van der Waals surface area (Å²) in [5.41, 5.74) is 13.3. The molecule has 3 aliphatic rings. The number of carbonyl (C=O) groups is 2. The number of aryl methyl sites for hydroxylation is 1. The van der Waals surface area contributed by atoms with Crippen molar-refractivity contribution in [2.45, 2.75) is 38.5 Å². The van der Waals surface area contributed by atoms with Gasteiger partial charge in [0.05, 0.1) is 21.9 Å². The third-order valence-corrected chi connectivity index (χ3v) is 9.65. The number of allylic oxidation sites excluding steroid dienone is 2. The summed E-state index contributed by atoms with van der Waals surface area (Å²) in [6.45, 7) is 0. The van der Waals surface area contributed by atoms with Crippen molar-refractivity contribution in [3.8, 4) is 0 Å². The van der Waals surface area contributed by atoms with Crippen molar-refractivity contribution >= 4 is 38.8 Å². The molecule has 3 aliphatic carbocycles. The molecule has 5 N–H and O–H groups in total. The lowest BCUT2D eigenvalue weighted by atomic mass is 9.53. The first-order valence-corrected chi connectivity index (χ1v) is 13.1. The molecule has 4 atom stereocenters. The van der Waals surface area contributed by atoms with E-state index in [0.29, 0.717) is 25.7 Å². The van der Waals surface area contributed by atoms with Crippen molar-refractivity contribution in [2.24, 2.45) is 39.5 Å². The third kappa shape index (κ3) is 3.03. The minimum atomic E-state index is -1.05. The molecule has 0 radical (unpaired) electrons. The van der Waals surface area contributed by atoms with E-state index in [2.05, 4.69) is 33.1 Å². The van der Waals surface area contributed by atoms with E-state index in [1.54, 1.807) is 0 Å². The normalized spacial score (nSPS) is 29.7. The highest BCUT2D eigenvalue weighted by molar-refractivity contribution is 9.10. The Kier molecular flexibility index (Phi) is 5.01. The Hall–Kier alpha value is -2.93. The maximum Gasteiger partial charge on any atom is 0.225 e. The number of hydrogen-bond acceptors (Lipinski definition) is 3. The molecule has 3 aromatic rings. The van der Waals surface area contributed by atoms with Gasteiger partial charge in [0.15, 0.2) is 0 Å². The zero-order valence-corrected chi connectivity index (χ0v) is 21.1. The molecule has 35 heavy (non-hydrogen) atoms. The van der Waals surface area contributed by atoms with Gasteiger partial charge in [-0.3, -0.25) is 9.59 Å². The van der Waals surface area contributed by atoms with Crippen LogP contribution in [-0.2, 0) is 22.4 Å². The van der Waals surface area contributed by atoms with Crippen LogP contribution in [0, 0.1) is 28.1 Å². The Balaban J connectivity index is 1.39. The average Bonchev–Trinajstić information content (AvgIpc) is 3.31. The van der Waals surface area contributed by atoms with Crippen molar-refractivity contribution in [3.63, 3.8) is 0 Å². The molecular formula is C28H29BrN4O2. The number of benzene rings is 2. The number of aromatic amines is 1. The molecule has 6 nitrogen and oxygen atoms in total. The molecule has 0 saturated heterocycles. The summed E-state index contributed by atoms with van der Waals surface area (Å²) in [5.74, 6) is -0.0635. The van der Waals surface area contributed by atoms with Crippen LogP contribution in [0.2, 0.25) is 0 Å². The summed E-state index contributed by atoms with van der Waals surface area (Å²) < 4.78 is 0.966. The Morgan fingerprint density at radius 3 is 2.26 bits per heavy atom. The monoisotopic (exact) mass is 532 g/mol. The molecule has 2 bridgehead atoms. The molecule has 2 saturated carbocycles. The van der Waals surface area contributed by atoms with Crippen LogP contribution in [0.1, 0.15) is 37.1 Å². The zero-order chi connectivity index (χ0) is 24.4. The molecule has 7 heteroatoms. The summed E-state index contributed by atoms with van der Waals surface area (Å²) in [6, 6.07) is 15.9. The Morgan fingerprint density at radius 1 is 0.971 bits per heavy atom. The molecule has 1 aromatic heterocycles.